The van der Waals surface area contributed by atoms with Crippen molar-refractivity contribution in [3.05, 3.63) is 82.9 Å². The van der Waals surface area contributed by atoms with Crippen LogP contribution in [0.1, 0.15) is 27.7 Å². The van der Waals surface area contributed by atoms with E-state index in [4.69, 9.17) is 11.6 Å². The molecule has 0 radical (unpaired) electrons. The molecule has 1 aliphatic heterocycles. The summed E-state index contributed by atoms with van der Waals surface area (Å²) in [5.41, 5.74) is 2.69. The summed E-state index contributed by atoms with van der Waals surface area (Å²) in [5.74, 6) is -0.121. The van der Waals surface area contributed by atoms with Crippen molar-refractivity contribution in [2.75, 3.05) is 6.54 Å². The van der Waals surface area contributed by atoms with Gasteiger partial charge in [0.2, 0.25) is 0 Å². The second-order valence-electron chi connectivity index (χ2n) is 5.75. The third kappa shape index (κ3) is 2.67. The molecule has 3 aromatic rings. The van der Waals surface area contributed by atoms with E-state index in [1.807, 2.05) is 29.1 Å². The minimum Gasteiger partial charge on any atom is -0.330 e. The zero-order chi connectivity index (χ0) is 16.5. The number of aromatic nitrogens is 3. The molecule has 0 aliphatic carbocycles. The standard InChI is InChI=1S/C18H15ClN4O/c19-14-6-8-20-16(10-14)18(24)22-11-13-4-1-2-5-15(13)17(12-22)23-9-3-7-21-23/h1-10,17H,11-12H2. The number of benzene rings is 1. The predicted molar refractivity (Wildman–Crippen MR) is 90.8 cm³/mol. The van der Waals surface area contributed by atoms with E-state index in [0.717, 1.165) is 5.56 Å². The molecule has 6 heteroatoms. The van der Waals surface area contributed by atoms with Gasteiger partial charge in [0.05, 0.1) is 6.04 Å². The number of pyridine rings is 1. The second kappa shape index (κ2) is 6.09. The van der Waals surface area contributed by atoms with Crippen molar-refractivity contribution in [3.8, 4) is 0 Å². The lowest BCUT2D eigenvalue weighted by Gasteiger charge is -2.34. The average Bonchev–Trinajstić information content (AvgIpc) is 3.14. The molecular formula is C18H15ClN4O. The first-order valence-electron chi connectivity index (χ1n) is 7.70. The van der Waals surface area contributed by atoms with Gasteiger partial charge in [0, 0.05) is 36.7 Å². The van der Waals surface area contributed by atoms with Gasteiger partial charge in [-0.05, 0) is 29.3 Å². The van der Waals surface area contributed by atoms with Crippen molar-refractivity contribution in [1.29, 1.82) is 0 Å². The van der Waals surface area contributed by atoms with Crippen molar-refractivity contribution < 1.29 is 4.79 Å². The first-order valence-corrected chi connectivity index (χ1v) is 8.08. The Morgan fingerprint density at radius 1 is 1.17 bits per heavy atom. The molecule has 0 spiro atoms. The fourth-order valence-corrected chi connectivity index (χ4v) is 3.27. The van der Waals surface area contributed by atoms with Gasteiger partial charge in [-0.2, -0.15) is 5.10 Å². The van der Waals surface area contributed by atoms with Gasteiger partial charge in [0.15, 0.2) is 0 Å². The summed E-state index contributed by atoms with van der Waals surface area (Å²) < 4.78 is 1.89. The zero-order valence-electron chi connectivity index (χ0n) is 12.8. The van der Waals surface area contributed by atoms with Gasteiger partial charge in [0.25, 0.3) is 5.91 Å². The quantitative estimate of drug-likeness (QED) is 0.721. The van der Waals surface area contributed by atoms with Crippen LogP contribution in [0, 0.1) is 0 Å². The Morgan fingerprint density at radius 2 is 2.04 bits per heavy atom. The molecule has 2 aromatic heterocycles. The topological polar surface area (TPSA) is 51.0 Å². The monoisotopic (exact) mass is 338 g/mol. The Labute approximate surface area is 144 Å². The SMILES string of the molecule is O=C(c1cc(Cl)ccn1)N1Cc2ccccc2C(n2cccn2)C1. The minimum absolute atomic E-state index is 0.00640. The van der Waals surface area contributed by atoms with Crippen LogP contribution in [0.3, 0.4) is 0 Å². The van der Waals surface area contributed by atoms with E-state index >= 15 is 0 Å². The number of hydrogen-bond donors (Lipinski definition) is 0. The first kappa shape index (κ1) is 14.9. The number of amides is 1. The second-order valence-corrected chi connectivity index (χ2v) is 6.18. The highest BCUT2D eigenvalue weighted by Crippen LogP contribution is 2.29. The first-order chi connectivity index (χ1) is 11.7. The summed E-state index contributed by atoms with van der Waals surface area (Å²) in [6, 6.07) is 13.3. The van der Waals surface area contributed by atoms with E-state index < -0.39 is 0 Å². The Kier molecular flexibility index (Phi) is 3.78. The Morgan fingerprint density at radius 3 is 2.83 bits per heavy atom. The molecule has 1 atom stereocenters. The van der Waals surface area contributed by atoms with E-state index in [1.165, 1.54) is 5.56 Å². The van der Waals surface area contributed by atoms with E-state index in [0.29, 0.717) is 23.8 Å². The number of rotatable bonds is 2. The molecule has 1 aromatic carbocycles. The number of halogens is 1. The number of hydrogen-bond acceptors (Lipinski definition) is 3. The molecule has 4 rings (SSSR count). The molecule has 120 valence electrons. The Bertz CT molecular complexity index is 878. The fourth-order valence-electron chi connectivity index (χ4n) is 3.11. The van der Waals surface area contributed by atoms with Crippen LogP contribution in [0.15, 0.2) is 61.1 Å². The largest absolute Gasteiger partial charge is 0.330 e. The maximum Gasteiger partial charge on any atom is 0.272 e. The van der Waals surface area contributed by atoms with Crippen molar-refractivity contribution >= 4 is 17.5 Å². The Hall–Kier alpha value is -2.66. The lowest BCUT2D eigenvalue weighted by atomic mass is 9.95. The molecule has 0 N–H and O–H groups in total. The van der Waals surface area contributed by atoms with Crippen molar-refractivity contribution in [2.24, 2.45) is 0 Å². The molecule has 3 heterocycles. The zero-order valence-corrected chi connectivity index (χ0v) is 13.6. The number of carbonyl (C=O) groups is 1. The summed E-state index contributed by atoms with van der Waals surface area (Å²) in [7, 11) is 0. The lowest BCUT2D eigenvalue weighted by Crippen LogP contribution is -2.40. The normalized spacial score (nSPS) is 16.7. The summed E-state index contributed by atoms with van der Waals surface area (Å²) in [6.07, 6.45) is 5.23. The molecule has 1 unspecified atom stereocenters. The molecule has 0 saturated carbocycles. The van der Waals surface area contributed by atoms with Crippen molar-refractivity contribution in [1.82, 2.24) is 19.7 Å². The number of fused-ring (bicyclic) bond motifs is 1. The third-order valence-corrected chi connectivity index (χ3v) is 4.48. The number of nitrogens with zero attached hydrogens (tertiary/aromatic N) is 4. The highest BCUT2D eigenvalue weighted by molar-refractivity contribution is 6.30. The minimum atomic E-state index is -0.121. The maximum absolute atomic E-state index is 12.9. The molecule has 0 bridgehead atoms. The van der Waals surface area contributed by atoms with Gasteiger partial charge in [-0.3, -0.25) is 14.5 Å². The van der Waals surface area contributed by atoms with Crippen LogP contribution in [-0.4, -0.2) is 32.1 Å². The van der Waals surface area contributed by atoms with Gasteiger partial charge in [-0.1, -0.05) is 35.9 Å². The van der Waals surface area contributed by atoms with E-state index in [2.05, 4.69) is 22.2 Å². The summed E-state index contributed by atoms with van der Waals surface area (Å²) in [6.45, 7) is 1.10. The highest BCUT2D eigenvalue weighted by Gasteiger charge is 2.30. The van der Waals surface area contributed by atoms with Gasteiger partial charge in [-0.25, -0.2) is 0 Å². The summed E-state index contributed by atoms with van der Waals surface area (Å²) in [4.78, 5) is 18.8. The van der Waals surface area contributed by atoms with E-state index in [-0.39, 0.29) is 11.9 Å². The van der Waals surface area contributed by atoms with Gasteiger partial charge >= 0.3 is 0 Å². The summed E-state index contributed by atoms with van der Waals surface area (Å²) in [5, 5.41) is 4.87. The average molecular weight is 339 g/mol. The van der Waals surface area contributed by atoms with Gasteiger partial charge in [-0.15, -0.1) is 0 Å². The van der Waals surface area contributed by atoms with Crippen LogP contribution in [-0.2, 0) is 6.54 Å². The third-order valence-electron chi connectivity index (χ3n) is 4.24. The van der Waals surface area contributed by atoms with Crippen LogP contribution < -0.4 is 0 Å². The van der Waals surface area contributed by atoms with Crippen molar-refractivity contribution in [2.45, 2.75) is 12.6 Å². The Balaban J connectivity index is 1.70. The van der Waals surface area contributed by atoms with Crippen molar-refractivity contribution in [3.63, 3.8) is 0 Å². The van der Waals surface area contributed by atoms with E-state index in [1.54, 1.807) is 29.4 Å². The molecule has 24 heavy (non-hydrogen) atoms. The van der Waals surface area contributed by atoms with Crippen LogP contribution in [0.2, 0.25) is 5.02 Å². The molecule has 1 amide bonds. The lowest BCUT2D eigenvalue weighted by molar-refractivity contribution is 0.0700. The van der Waals surface area contributed by atoms with Crippen LogP contribution in [0.5, 0.6) is 0 Å². The maximum atomic E-state index is 12.9. The predicted octanol–water partition coefficient (Wildman–Crippen LogP) is 3.18. The molecule has 0 fully saturated rings. The highest BCUT2D eigenvalue weighted by atomic mass is 35.5. The molecule has 1 aliphatic rings. The molecule has 5 nitrogen and oxygen atoms in total. The van der Waals surface area contributed by atoms with Gasteiger partial charge < -0.3 is 4.90 Å². The van der Waals surface area contributed by atoms with E-state index in [9.17, 15) is 4.79 Å². The number of carbonyl (C=O) groups excluding carboxylic acids is 1. The van der Waals surface area contributed by atoms with Gasteiger partial charge in [0.1, 0.15) is 5.69 Å². The fraction of sp³-hybridized carbons (Fsp3) is 0.167. The van der Waals surface area contributed by atoms with Crippen LogP contribution >= 0.6 is 11.6 Å². The molecular weight excluding hydrogens is 324 g/mol. The van der Waals surface area contributed by atoms with Crippen LogP contribution in [0.4, 0.5) is 0 Å². The molecule has 0 saturated heterocycles. The van der Waals surface area contributed by atoms with Crippen LogP contribution in [0.25, 0.3) is 0 Å². The smallest absolute Gasteiger partial charge is 0.272 e. The summed E-state index contributed by atoms with van der Waals surface area (Å²) >= 11 is 5.99.